The van der Waals surface area contributed by atoms with Gasteiger partial charge >= 0.3 is 0 Å². The van der Waals surface area contributed by atoms with Gasteiger partial charge < -0.3 is 4.40 Å². The lowest BCUT2D eigenvalue weighted by Gasteiger charge is -2.01. The minimum absolute atomic E-state index is 0.356. The molecule has 0 radical (unpaired) electrons. The van der Waals surface area contributed by atoms with Crippen molar-refractivity contribution in [1.29, 1.82) is 5.26 Å². The van der Waals surface area contributed by atoms with E-state index in [2.05, 4.69) is 11.1 Å². The summed E-state index contributed by atoms with van der Waals surface area (Å²) in [7, 11) is 0. The van der Waals surface area contributed by atoms with Crippen molar-refractivity contribution in [3.05, 3.63) is 59.9 Å². The van der Waals surface area contributed by atoms with Gasteiger partial charge in [0, 0.05) is 11.8 Å². The molecule has 2 heterocycles. The number of aryl methyl sites for hydroxylation is 1. The second-order valence-electron chi connectivity index (χ2n) is 4.54. The van der Waals surface area contributed by atoms with Gasteiger partial charge in [-0.3, -0.25) is 0 Å². The Kier molecular flexibility index (Phi) is 2.77. The average molecular weight is 247 g/mol. The molecule has 0 spiro atoms. The lowest BCUT2D eigenvalue weighted by Crippen LogP contribution is -1.93. The fraction of sp³-hybridized carbons (Fsp3) is 0.125. The largest absolute Gasteiger partial charge is 0.302 e. The molecule has 2 aromatic heterocycles. The first-order valence-corrected chi connectivity index (χ1v) is 6.19. The average Bonchev–Trinajstić information content (AvgIpc) is 2.78. The molecule has 0 fully saturated rings. The van der Waals surface area contributed by atoms with Crippen molar-refractivity contribution in [3.8, 4) is 17.3 Å². The van der Waals surface area contributed by atoms with Gasteiger partial charge in [0.25, 0.3) is 0 Å². The molecule has 3 nitrogen and oxygen atoms in total. The highest BCUT2D eigenvalue weighted by Gasteiger charge is 2.13. The molecule has 3 rings (SSSR count). The smallest absolute Gasteiger partial charge is 0.137 e. The maximum absolute atomic E-state index is 9.03. The molecule has 0 bridgehead atoms. The summed E-state index contributed by atoms with van der Waals surface area (Å²) in [4.78, 5) is 4.67. The van der Waals surface area contributed by atoms with Crippen LogP contribution in [0, 0.1) is 18.3 Å². The first-order chi connectivity index (χ1) is 9.29. The van der Waals surface area contributed by atoms with Gasteiger partial charge in [-0.25, -0.2) is 4.98 Å². The molecule has 0 saturated heterocycles. The summed E-state index contributed by atoms with van der Waals surface area (Å²) in [6.07, 6.45) is 2.34. The molecule has 0 aliphatic heterocycles. The minimum atomic E-state index is 0.356. The Morgan fingerprint density at radius 2 is 2.00 bits per heavy atom. The van der Waals surface area contributed by atoms with Crippen molar-refractivity contribution < 1.29 is 0 Å². The number of imidazole rings is 1. The molecular formula is C16H13N3. The van der Waals surface area contributed by atoms with Gasteiger partial charge in [0.05, 0.1) is 23.9 Å². The van der Waals surface area contributed by atoms with E-state index in [1.54, 1.807) is 0 Å². The van der Waals surface area contributed by atoms with Crippen LogP contribution < -0.4 is 0 Å². The zero-order valence-electron chi connectivity index (χ0n) is 10.7. The Labute approximate surface area is 111 Å². The van der Waals surface area contributed by atoms with E-state index in [1.807, 2.05) is 60.0 Å². The predicted molar refractivity (Wildman–Crippen MR) is 74.7 cm³/mol. The van der Waals surface area contributed by atoms with E-state index in [-0.39, 0.29) is 0 Å². The number of hydrogen-bond acceptors (Lipinski definition) is 2. The molecule has 1 aromatic carbocycles. The SMILES string of the molecule is Cc1ccn2c(CC#N)c(-c3ccccc3)nc2c1. The number of rotatable bonds is 2. The number of nitriles is 1. The number of pyridine rings is 1. The lowest BCUT2D eigenvalue weighted by atomic mass is 10.1. The standard InChI is InChI=1S/C16H13N3/c1-12-8-10-19-14(7-9-17)16(18-15(19)11-12)13-5-3-2-4-6-13/h2-6,8,10-11H,7H2,1H3. The van der Waals surface area contributed by atoms with Crippen LogP contribution in [0.5, 0.6) is 0 Å². The Balaban J connectivity index is 2.29. The topological polar surface area (TPSA) is 41.1 Å². The molecule has 3 aromatic rings. The van der Waals surface area contributed by atoms with E-state index in [1.165, 1.54) is 5.56 Å². The molecule has 0 aliphatic rings. The highest BCUT2D eigenvalue weighted by atomic mass is 15.0. The van der Waals surface area contributed by atoms with E-state index < -0.39 is 0 Å². The molecule has 0 amide bonds. The third kappa shape index (κ3) is 1.98. The zero-order chi connectivity index (χ0) is 13.2. The van der Waals surface area contributed by atoms with E-state index in [4.69, 9.17) is 5.26 Å². The summed E-state index contributed by atoms with van der Waals surface area (Å²) >= 11 is 0. The molecule has 0 atom stereocenters. The fourth-order valence-corrected chi connectivity index (χ4v) is 2.27. The first kappa shape index (κ1) is 11.5. The zero-order valence-corrected chi connectivity index (χ0v) is 10.7. The number of benzene rings is 1. The first-order valence-electron chi connectivity index (χ1n) is 6.19. The van der Waals surface area contributed by atoms with Crippen LogP contribution in [0.2, 0.25) is 0 Å². The second-order valence-corrected chi connectivity index (χ2v) is 4.54. The predicted octanol–water partition coefficient (Wildman–Crippen LogP) is 3.38. The van der Waals surface area contributed by atoms with Crippen molar-refractivity contribution >= 4 is 5.65 Å². The molecular weight excluding hydrogens is 234 g/mol. The van der Waals surface area contributed by atoms with Crippen LogP contribution in [0.15, 0.2) is 48.7 Å². The number of aromatic nitrogens is 2. The molecule has 3 heteroatoms. The third-order valence-corrected chi connectivity index (χ3v) is 3.17. The molecule has 92 valence electrons. The molecule has 0 unspecified atom stereocenters. The molecule has 0 saturated carbocycles. The Morgan fingerprint density at radius 3 is 2.74 bits per heavy atom. The van der Waals surface area contributed by atoms with Crippen molar-refractivity contribution in [2.45, 2.75) is 13.3 Å². The summed E-state index contributed by atoms with van der Waals surface area (Å²) in [6.45, 7) is 2.04. The minimum Gasteiger partial charge on any atom is -0.302 e. The van der Waals surface area contributed by atoms with Gasteiger partial charge in [-0.2, -0.15) is 5.26 Å². The fourth-order valence-electron chi connectivity index (χ4n) is 2.27. The maximum Gasteiger partial charge on any atom is 0.137 e. The van der Waals surface area contributed by atoms with Gasteiger partial charge in [0.1, 0.15) is 5.65 Å². The molecule has 0 N–H and O–H groups in total. The summed E-state index contributed by atoms with van der Waals surface area (Å²) < 4.78 is 2.00. The third-order valence-electron chi connectivity index (χ3n) is 3.17. The van der Waals surface area contributed by atoms with E-state index in [0.717, 1.165) is 22.6 Å². The van der Waals surface area contributed by atoms with E-state index in [9.17, 15) is 0 Å². The van der Waals surface area contributed by atoms with Gasteiger partial charge in [0.2, 0.25) is 0 Å². The summed E-state index contributed by atoms with van der Waals surface area (Å²) in [5.74, 6) is 0. The molecule has 19 heavy (non-hydrogen) atoms. The van der Waals surface area contributed by atoms with Crippen LogP contribution in [0.25, 0.3) is 16.9 Å². The van der Waals surface area contributed by atoms with Crippen LogP contribution in [-0.2, 0) is 6.42 Å². The van der Waals surface area contributed by atoms with Crippen LogP contribution in [0.4, 0.5) is 0 Å². The van der Waals surface area contributed by atoms with Crippen molar-refractivity contribution in [2.75, 3.05) is 0 Å². The van der Waals surface area contributed by atoms with E-state index in [0.29, 0.717) is 6.42 Å². The van der Waals surface area contributed by atoms with Gasteiger partial charge in [-0.15, -0.1) is 0 Å². The van der Waals surface area contributed by atoms with Crippen LogP contribution >= 0.6 is 0 Å². The monoisotopic (exact) mass is 247 g/mol. The van der Waals surface area contributed by atoms with Gasteiger partial charge in [-0.05, 0) is 24.6 Å². The maximum atomic E-state index is 9.03. The Morgan fingerprint density at radius 1 is 1.21 bits per heavy atom. The number of fused-ring (bicyclic) bond motifs is 1. The summed E-state index contributed by atoms with van der Waals surface area (Å²) in [5, 5.41) is 9.03. The van der Waals surface area contributed by atoms with Crippen LogP contribution in [0.1, 0.15) is 11.3 Å². The highest BCUT2D eigenvalue weighted by molar-refractivity contribution is 5.67. The van der Waals surface area contributed by atoms with Gasteiger partial charge in [0.15, 0.2) is 0 Å². The number of hydrogen-bond donors (Lipinski definition) is 0. The van der Waals surface area contributed by atoms with Gasteiger partial charge in [-0.1, -0.05) is 30.3 Å². The Bertz CT molecular complexity index is 764. The van der Waals surface area contributed by atoms with E-state index >= 15 is 0 Å². The van der Waals surface area contributed by atoms with Crippen molar-refractivity contribution in [1.82, 2.24) is 9.38 Å². The lowest BCUT2D eigenvalue weighted by molar-refractivity contribution is 1.05. The van der Waals surface area contributed by atoms with Crippen LogP contribution in [0.3, 0.4) is 0 Å². The number of nitrogens with zero attached hydrogens (tertiary/aromatic N) is 3. The highest BCUT2D eigenvalue weighted by Crippen LogP contribution is 2.25. The van der Waals surface area contributed by atoms with Crippen molar-refractivity contribution in [2.24, 2.45) is 0 Å². The normalized spacial score (nSPS) is 10.5. The molecule has 0 aliphatic carbocycles. The Hall–Kier alpha value is -2.60. The summed E-state index contributed by atoms with van der Waals surface area (Å²) in [5.41, 5.74) is 4.95. The van der Waals surface area contributed by atoms with Crippen LogP contribution in [-0.4, -0.2) is 9.38 Å². The second kappa shape index (κ2) is 4.58. The quantitative estimate of drug-likeness (QED) is 0.696. The summed E-state index contributed by atoms with van der Waals surface area (Å²) in [6, 6.07) is 16.3. The van der Waals surface area contributed by atoms with Crippen molar-refractivity contribution in [3.63, 3.8) is 0 Å².